The Labute approximate surface area is 173 Å². The van der Waals surface area contributed by atoms with E-state index in [1.165, 1.54) is 16.8 Å². The lowest BCUT2D eigenvalue weighted by Crippen LogP contribution is -2.50. The molecule has 0 aromatic heterocycles. The predicted octanol–water partition coefficient (Wildman–Crippen LogP) is 6.24. The number of hydrogen-bond acceptors (Lipinski definition) is 2. The molecule has 0 bridgehead atoms. The van der Waals surface area contributed by atoms with Gasteiger partial charge in [-0.15, -0.1) is 6.58 Å². The molecular weight excluding hydrogens is 340 g/mol. The van der Waals surface area contributed by atoms with Crippen LogP contribution in [0.15, 0.2) is 66.9 Å². The largest absolute Gasteiger partial charge is 0.381 e. The second kappa shape index (κ2) is 11.7. The van der Waals surface area contributed by atoms with Gasteiger partial charge < -0.3 is 10.6 Å². The summed E-state index contributed by atoms with van der Waals surface area (Å²) >= 11 is 0. The summed E-state index contributed by atoms with van der Waals surface area (Å²) in [4.78, 5) is 0. The van der Waals surface area contributed by atoms with Crippen LogP contribution in [0.1, 0.15) is 59.1 Å². The molecule has 1 rings (SSSR count). The van der Waals surface area contributed by atoms with Crippen LogP contribution in [-0.2, 0) is 5.41 Å². The monoisotopic (exact) mass is 380 g/mol. The molecule has 0 aliphatic carbocycles. The van der Waals surface area contributed by atoms with E-state index in [1.54, 1.807) is 0 Å². The molecule has 0 heterocycles. The third kappa shape index (κ3) is 6.53. The first kappa shape index (κ1) is 24.0. The SMILES string of the molecule is C=CC(N/C(=C\CC)C(NC)C(C)(C)c1ccc(/C=C\C=C/C)cc1)C(C)C. The molecule has 0 amide bonds. The second-order valence-corrected chi connectivity index (χ2v) is 8.17. The Kier molecular flexibility index (Phi) is 10.0. The summed E-state index contributed by atoms with van der Waals surface area (Å²) in [6.07, 6.45) is 13.6. The number of allylic oxidation sites excluding steroid dienone is 4. The maximum atomic E-state index is 4.02. The van der Waals surface area contributed by atoms with Crippen molar-refractivity contribution < 1.29 is 0 Å². The highest BCUT2D eigenvalue weighted by Crippen LogP contribution is 2.31. The van der Waals surface area contributed by atoms with E-state index >= 15 is 0 Å². The first-order chi connectivity index (χ1) is 13.3. The van der Waals surface area contributed by atoms with Crippen LogP contribution < -0.4 is 10.6 Å². The molecule has 2 atom stereocenters. The smallest absolute Gasteiger partial charge is 0.0556 e. The molecule has 2 unspecified atom stereocenters. The first-order valence-electron chi connectivity index (χ1n) is 10.5. The fraction of sp³-hybridized carbons (Fsp3) is 0.462. The van der Waals surface area contributed by atoms with E-state index in [9.17, 15) is 0 Å². The summed E-state index contributed by atoms with van der Waals surface area (Å²) in [5.74, 6) is 0.488. The van der Waals surface area contributed by atoms with Crippen molar-refractivity contribution in [3.05, 3.63) is 78.0 Å². The van der Waals surface area contributed by atoms with Crippen LogP contribution in [0.3, 0.4) is 0 Å². The summed E-state index contributed by atoms with van der Waals surface area (Å²) in [5, 5.41) is 7.30. The van der Waals surface area contributed by atoms with Crippen molar-refractivity contribution in [3.8, 4) is 0 Å². The molecule has 0 aliphatic heterocycles. The molecule has 0 aliphatic rings. The minimum Gasteiger partial charge on any atom is -0.381 e. The lowest BCUT2D eigenvalue weighted by Gasteiger charge is -2.38. The van der Waals surface area contributed by atoms with Crippen LogP contribution in [0.4, 0.5) is 0 Å². The van der Waals surface area contributed by atoms with Crippen molar-refractivity contribution in [3.63, 3.8) is 0 Å². The Bertz CT molecular complexity index is 675. The van der Waals surface area contributed by atoms with Gasteiger partial charge in [0.15, 0.2) is 0 Å². The van der Waals surface area contributed by atoms with E-state index in [1.807, 2.05) is 32.2 Å². The Morgan fingerprint density at radius 1 is 1.14 bits per heavy atom. The summed E-state index contributed by atoms with van der Waals surface area (Å²) in [7, 11) is 2.05. The second-order valence-electron chi connectivity index (χ2n) is 8.17. The van der Waals surface area contributed by atoms with Crippen LogP contribution in [0.5, 0.6) is 0 Å². The van der Waals surface area contributed by atoms with Gasteiger partial charge in [0.25, 0.3) is 0 Å². The summed E-state index contributed by atoms with van der Waals surface area (Å²) in [6, 6.07) is 9.32. The standard InChI is InChI=1S/C26H40N2/c1-9-12-13-15-21-16-18-22(19-17-21)26(6,7)25(27-8)24(14-10-2)28-23(11-3)20(4)5/h9,11-20,23,25,27-28H,3,10H2,1-2,4-8H3/b12-9-,15-13-,24-14-. The molecule has 2 N–H and O–H groups in total. The van der Waals surface area contributed by atoms with E-state index in [-0.39, 0.29) is 17.5 Å². The molecular formula is C26H40N2. The van der Waals surface area contributed by atoms with Gasteiger partial charge in [0, 0.05) is 17.2 Å². The van der Waals surface area contributed by atoms with Gasteiger partial charge in [-0.2, -0.15) is 0 Å². The molecule has 1 aromatic carbocycles. The molecule has 2 heteroatoms. The van der Waals surface area contributed by atoms with Gasteiger partial charge >= 0.3 is 0 Å². The van der Waals surface area contributed by atoms with E-state index in [0.29, 0.717) is 5.92 Å². The highest BCUT2D eigenvalue weighted by Gasteiger charge is 2.33. The number of hydrogen-bond donors (Lipinski definition) is 2. The third-order valence-electron chi connectivity index (χ3n) is 5.30. The van der Waals surface area contributed by atoms with Gasteiger partial charge in [-0.05, 0) is 37.4 Å². The minimum absolute atomic E-state index is 0.0724. The zero-order valence-electron chi connectivity index (χ0n) is 18.9. The highest BCUT2D eigenvalue weighted by atomic mass is 15.0. The first-order valence-corrected chi connectivity index (χ1v) is 10.5. The molecule has 0 saturated carbocycles. The van der Waals surface area contributed by atoms with Crippen LogP contribution in [0.2, 0.25) is 0 Å². The molecule has 2 nitrogen and oxygen atoms in total. The lowest BCUT2D eigenvalue weighted by molar-refractivity contribution is 0.367. The molecule has 0 spiro atoms. The van der Waals surface area contributed by atoms with Gasteiger partial charge in [0.05, 0.1) is 6.04 Å². The average molecular weight is 381 g/mol. The predicted molar refractivity (Wildman–Crippen MR) is 126 cm³/mol. The van der Waals surface area contributed by atoms with Gasteiger partial charge in [-0.1, -0.05) is 95.3 Å². The third-order valence-corrected chi connectivity index (χ3v) is 5.30. The fourth-order valence-corrected chi connectivity index (χ4v) is 3.54. The minimum atomic E-state index is -0.0724. The van der Waals surface area contributed by atoms with Gasteiger partial charge in [0.2, 0.25) is 0 Å². The van der Waals surface area contributed by atoms with E-state index in [4.69, 9.17) is 0 Å². The Morgan fingerprint density at radius 3 is 2.25 bits per heavy atom. The Hall–Kier alpha value is -2.06. The maximum Gasteiger partial charge on any atom is 0.0556 e. The quantitative estimate of drug-likeness (QED) is 0.351. The average Bonchev–Trinajstić information content (AvgIpc) is 2.66. The van der Waals surface area contributed by atoms with E-state index in [0.717, 1.165) is 6.42 Å². The molecule has 1 aromatic rings. The zero-order valence-corrected chi connectivity index (χ0v) is 18.9. The molecule has 0 radical (unpaired) electrons. The number of nitrogens with one attached hydrogen (secondary N) is 2. The number of rotatable bonds is 11. The topological polar surface area (TPSA) is 24.1 Å². The van der Waals surface area contributed by atoms with Crippen LogP contribution in [-0.4, -0.2) is 19.1 Å². The van der Waals surface area contributed by atoms with Gasteiger partial charge in [-0.25, -0.2) is 0 Å². The van der Waals surface area contributed by atoms with E-state index in [2.05, 4.69) is 94.3 Å². The van der Waals surface area contributed by atoms with Crippen molar-refractivity contribution in [1.82, 2.24) is 10.6 Å². The van der Waals surface area contributed by atoms with Crippen LogP contribution in [0.25, 0.3) is 6.08 Å². The molecule has 154 valence electrons. The fourth-order valence-electron chi connectivity index (χ4n) is 3.54. The van der Waals surface area contributed by atoms with Crippen molar-refractivity contribution in [2.75, 3.05) is 7.05 Å². The maximum absolute atomic E-state index is 4.02. The van der Waals surface area contributed by atoms with Crippen molar-refractivity contribution in [2.45, 2.75) is 65.5 Å². The van der Waals surface area contributed by atoms with Crippen molar-refractivity contribution in [2.24, 2.45) is 5.92 Å². The van der Waals surface area contributed by atoms with Crippen LogP contribution >= 0.6 is 0 Å². The molecule has 28 heavy (non-hydrogen) atoms. The normalized spacial score (nSPS) is 15.4. The van der Waals surface area contributed by atoms with E-state index < -0.39 is 0 Å². The van der Waals surface area contributed by atoms with Crippen molar-refractivity contribution >= 4 is 6.08 Å². The van der Waals surface area contributed by atoms with Gasteiger partial charge in [-0.3, -0.25) is 0 Å². The molecule has 0 fully saturated rings. The summed E-state index contributed by atoms with van der Waals surface area (Å²) < 4.78 is 0. The van der Waals surface area contributed by atoms with Crippen LogP contribution in [0, 0.1) is 5.92 Å². The number of benzene rings is 1. The molecule has 0 saturated heterocycles. The Balaban J connectivity index is 3.17. The zero-order chi connectivity index (χ0) is 21.2. The Morgan fingerprint density at radius 2 is 1.79 bits per heavy atom. The highest BCUT2D eigenvalue weighted by molar-refractivity contribution is 5.52. The van der Waals surface area contributed by atoms with Crippen molar-refractivity contribution in [1.29, 1.82) is 0 Å². The van der Waals surface area contributed by atoms with Gasteiger partial charge in [0.1, 0.15) is 0 Å². The summed E-state index contributed by atoms with van der Waals surface area (Å²) in [6.45, 7) is 17.3. The number of likely N-dealkylation sites (N-methyl/N-ethyl adjacent to an activating group) is 1. The lowest BCUT2D eigenvalue weighted by atomic mass is 9.75. The summed E-state index contributed by atoms with van der Waals surface area (Å²) in [5.41, 5.74) is 3.70.